The lowest BCUT2D eigenvalue weighted by molar-refractivity contribution is 0.410. The summed E-state index contributed by atoms with van der Waals surface area (Å²) in [4.78, 5) is 4.39. The Balaban J connectivity index is 2.07. The third kappa shape index (κ3) is 2.72. The van der Waals surface area contributed by atoms with Gasteiger partial charge in [-0.3, -0.25) is 9.67 Å². The van der Waals surface area contributed by atoms with E-state index in [0.29, 0.717) is 6.54 Å². The summed E-state index contributed by atoms with van der Waals surface area (Å²) in [6, 6.07) is 9.81. The van der Waals surface area contributed by atoms with E-state index in [0.717, 1.165) is 17.0 Å². The molecule has 0 aliphatic heterocycles. The van der Waals surface area contributed by atoms with E-state index in [2.05, 4.69) is 10.1 Å². The van der Waals surface area contributed by atoms with Crippen LogP contribution in [-0.4, -0.2) is 23.1 Å². The zero-order chi connectivity index (χ0) is 12.1. The molecule has 4 heteroatoms. The minimum Gasteiger partial charge on any atom is -0.496 e. The number of para-hydroxylation sites is 1. The van der Waals surface area contributed by atoms with Crippen molar-refractivity contribution in [1.29, 1.82) is 0 Å². The SMILES string of the molecule is COc1ccccc1C/N=C\c1ccnn1C. The highest BCUT2D eigenvalue weighted by atomic mass is 16.5. The van der Waals surface area contributed by atoms with Crippen LogP contribution in [0.2, 0.25) is 0 Å². The number of hydrogen-bond acceptors (Lipinski definition) is 3. The molecule has 0 N–H and O–H groups in total. The Morgan fingerprint density at radius 1 is 1.35 bits per heavy atom. The molecule has 0 atom stereocenters. The van der Waals surface area contributed by atoms with Crippen LogP contribution in [0.3, 0.4) is 0 Å². The first kappa shape index (κ1) is 11.4. The van der Waals surface area contributed by atoms with Crippen LogP contribution in [0.1, 0.15) is 11.3 Å². The molecule has 0 amide bonds. The fourth-order valence-electron chi connectivity index (χ4n) is 1.58. The quantitative estimate of drug-likeness (QED) is 0.753. The first-order chi connectivity index (χ1) is 8.31. The van der Waals surface area contributed by atoms with Crippen molar-refractivity contribution in [2.45, 2.75) is 6.54 Å². The van der Waals surface area contributed by atoms with Crippen molar-refractivity contribution in [2.75, 3.05) is 7.11 Å². The second kappa shape index (κ2) is 5.30. The minimum atomic E-state index is 0.606. The van der Waals surface area contributed by atoms with E-state index in [1.165, 1.54) is 0 Å². The molecule has 0 aliphatic carbocycles. The molecule has 1 aromatic carbocycles. The van der Waals surface area contributed by atoms with E-state index in [9.17, 15) is 0 Å². The van der Waals surface area contributed by atoms with E-state index in [1.54, 1.807) is 18.0 Å². The largest absolute Gasteiger partial charge is 0.496 e. The molecular formula is C13H15N3O. The van der Waals surface area contributed by atoms with Crippen LogP contribution in [0.4, 0.5) is 0 Å². The Kier molecular flexibility index (Phi) is 3.55. The summed E-state index contributed by atoms with van der Waals surface area (Å²) in [7, 11) is 3.56. The van der Waals surface area contributed by atoms with Crippen LogP contribution < -0.4 is 4.74 Å². The molecule has 0 spiro atoms. The second-order valence-electron chi connectivity index (χ2n) is 3.66. The molecule has 17 heavy (non-hydrogen) atoms. The lowest BCUT2D eigenvalue weighted by Gasteiger charge is -2.04. The summed E-state index contributed by atoms with van der Waals surface area (Å²) in [6.45, 7) is 0.606. The highest BCUT2D eigenvalue weighted by Crippen LogP contribution is 2.17. The molecule has 0 saturated heterocycles. The number of ether oxygens (including phenoxy) is 1. The van der Waals surface area contributed by atoms with Crippen molar-refractivity contribution in [3.63, 3.8) is 0 Å². The topological polar surface area (TPSA) is 39.4 Å². The molecular weight excluding hydrogens is 214 g/mol. The van der Waals surface area contributed by atoms with Crippen molar-refractivity contribution in [1.82, 2.24) is 9.78 Å². The van der Waals surface area contributed by atoms with Gasteiger partial charge >= 0.3 is 0 Å². The van der Waals surface area contributed by atoms with E-state index in [1.807, 2.05) is 43.6 Å². The number of aliphatic imine (C=N–C) groups is 1. The molecule has 0 radical (unpaired) electrons. The van der Waals surface area contributed by atoms with Crippen LogP contribution in [0, 0.1) is 0 Å². The average molecular weight is 229 g/mol. The fraction of sp³-hybridized carbons (Fsp3) is 0.231. The Hall–Kier alpha value is -2.10. The summed E-state index contributed by atoms with van der Waals surface area (Å²) in [5.74, 6) is 0.870. The maximum absolute atomic E-state index is 5.27. The average Bonchev–Trinajstić information content (AvgIpc) is 2.76. The number of aromatic nitrogens is 2. The second-order valence-corrected chi connectivity index (χ2v) is 3.66. The smallest absolute Gasteiger partial charge is 0.123 e. The summed E-state index contributed by atoms with van der Waals surface area (Å²) in [5, 5.41) is 4.08. The normalized spacial score (nSPS) is 10.9. The number of hydrogen-bond donors (Lipinski definition) is 0. The van der Waals surface area contributed by atoms with Crippen molar-refractivity contribution < 1.29 is 4.74 Å². The van der Waals surface area contributed by atoms with E-state index < -0.39 is 0 Å². The molecule has 2 rings (SSSR count). The van der Waals surface area contributed by atoms with Crippen molar-refractivity contribution in [3.8, 4) is 5.75 Å². The van der Waals surface area contributed by atoms with Gasteiger partial charge in [0.2, 0.25) is 0 Å². The number of benzene rings is 1. The Morgan fingerprint density at radius 3 is 2.88 bits per heavy atom. The van der Waals surface area contributed by atoms with Gasteiger partial charge < -0.3 is 4.74 Å². The Labute approximate surface area is 101 Å². The van der Waals surface area contributed by atoms with Crippen LogP contribution in [0.15, 0.2) is 41.5 Å². The summed E-state index contributed by atoms with van der Waals surface area (Å²) in [5.41, 5.74) is 2.06. The fourth-order valence-corrected chi connectivity index (χ4v) is 1.58. The molecule has 0 bridgehead atoms. The first-order valence-electron chi connectivity index (χ1n) is 5.41. The molecule has 88 valence electrons. The van der Waals surface area contributed by atoms with Gasteiger partial charge in [0.15, 0.2) is 0 Å². The predicted octanol–water partition coefficient (Wildman–Crippen LogP) is 2.05. The van der Waals surface area contributed by atoms with E-state index >= 15 is 0 Å². The molecule has 1 heterocycles. The van der Waals surface area contributed by atoms with Crippen molar-refractivity contribution in [2.24, 2.45) is 12.0 Å². The summed E-state index contributed by atoms with van der Waals surface area (Å²) in [6.07, 6.45) is 3.57. The Morgan fingerprint density at radius 2 is 2.18 bits per heavy atom. The molecule has 4 nitrogen and oxygen atoms in total. The molecule has 0 unspecified atom stereocenters. The van der Waals surface area contributed by atoms with Gasteiger partial charge in [-0.2, -0.15) is 5.10 Å². The molecule has 0 saturated carbocycles. The van der Waals surface area contributed by atoms with Crippen LogP contribution in [0.25, 0.3) is 0 Å². The van der Waals surface area contributed by atoms with Gasteiger partial charge in [0.25, 0.3) is 0 Å². The van der Waals surface area contributed by atoms with Crippen molar-refractivity contribution in [3.05, 3.63) is 47.8 Å². The summed E-state index contributed by atoms with van der Waals surface area (Å²) < 4.78 is 7.05. The van der Waals surface area contributed by atoms with Gasteiger partial charge in [0.1, 0.15) is 5.75 Å². The standard InChI is InChI=1S/C13H15N3O/c1-16-12(7-8-15-16)10-14-9-11-5-3-4-6-13(11)17-2/h3-8,10H,9H2,1-2H3/b14-10-. The third-order valence-electron chi connectivity index (χ3n) is 2.54. The van der Waals surface area contributed by atoms with E-state index in [4.69, 9.17) is 4.74 Å². The van der Waals surface area contributed by atoms with Gasteiger partial charge in [-0.25, -0.2) is 0 Å². The predicted molar refractivity (Wildman–Crippen MR) is 67.5 cm³/mol. The molecule has 2 aromatic rings. The van der Waals surface area contributed by atoms with Crippen LogP contribution >= 0.6 is 0 Å². The van der Waals surface area contributed by atoms with Gasteiger partial charge in [-0.15, -0.1) is 0 Å². The molecule has 0 aliphatic rings. The highest BCUT2D eigenvalue weighted by molar-refractivity contribution is 5.77. The van der Waals surface area contributed by atoms with Crippen molar-refractivity contribution >= 4 is 6.21 Å². The number of nitrogens with zero attached hydrogens (tertiary/aromatic N) is 3. The number of aryl methyl sites for hydroxylation is 1. The van der Waals surface area contributed by atoms with E-state index in [-0.39, 0.29) is 0 Å². The minimum absolute atomic E-state index is 0.606. The van der Waals surface area contributed by atoms with Gasteiger partial charge in [0.05, 0.1) is 19.3 Å². The zero-order valence-corrected chi connectivity index (χ0v) is 10.00. The zero-order valence-electron chi connectivity index (χ0n) is 10.00. The lowest BCUT2D eigenvalue weighted by Crippen LogP contribution is -1.97. The van der Waals surface area contributed by atoms with Crippen LogP contribution in [0.5, 0.6) is 5.75 Å². The first-order valence-corrected chi connectivity index (χ1v) is 5.41. The number of methoxy groups -OCH3 is 1. The Bertz CT molecular complexity index is 517. The van der Waals surface area contributed by atoms with Crippen LogP contribution in [-0.2, 0) is 13.6 Å². The molecule has 1 aromatic heterocycles. The van der Waals surface area contributed by atoms with Gasteiger partial charge in [-0.1, -0.05) is 18.2 Å². The number of rotatable bonds is 4. The highest BCUT2D eigenvalue weighted by Gasteiger charge is 1.99. The van der Waals surface area contributed by atoms with Gasteiger partial charge in [0, 0.05) is 25.0 Å². The lowest BCUT2D eigenvalue weighted by atomic mass is 10.2. The maximum atomic E-state index is 5.27. The van der Waals surface area contributed by atoms with Gasteiger partial charge in [-0.05, 0) is 12.1 Å². The summed E-state index contributed by atoms with van der Waals surface area (Å²) >= 11 is 0. The monoisotopic (exact) mass is 229 g/mol. The maximum Gasteiger partial charge on any atom is 0.123 e. The third-order valence-corrected chi connectivity index (χ3v) is 2.54. The molecule has 0 fully saturated rings.